The van der Waals surface area contributed by atoms with E-state index in [0.29, 0.717) is 24.1 Å². The molecule has 1 atom stereocenters. The zero-order chi connectivity index (χ0) is 15.2. The SMILES string of the molecule is COC1CCN(CCCCl)C(=O)N1c1nnc(CCBr)s1. The molecule has 21 heavy (non-hydrogen) atoms. The average molecular weight is 398 g/mol. The topological polar surface area (TPSA) is 58.6 Å². The lowest BCUT2D eigenvalue weighted by molar-refractivity contribution is 0.0656. The van der Waals surface area contributed by atoms with Gasteiger partial charge in [0.25, 0.3) is 0 Å². The number of nitrogens with zero attached hydrogens (tertiary/aromatic N) is 4. The van der Waals surface area contributed by atoms with Crippen molar-refractivity contribution >= 4 is 50.0 Å². The number of aryl methyl sites for hydroxylation is 1. The lowest BCUT2D eigenvalue weighted by Gasteiger charge is -2.38. The zero-order valence-corrected chi connectivity index (χ0v) is 15.0. The van der Waals surface area contributed by atoms with Crippen molar-refractivity contribution in [3.63, 3.8) is 0 Å². The van der Waals surface area contributed by atoms with Crippen LogP contribution in [-0.4, -0.2) is 58.8 Å². The van der Waals surface area contributed by atoms with Gasteiger partial charge in [0, 0.05) is 44.3 Å². The molecule has 0 N–H and O–H groups in total. The van der Waals surface area contributed by atoms with E-state index in [2.05, 4.69) is 26.1 Å². The van der Waals surface area contributed by atoms with Crippen molar-refractivity contribution < 1.29 is 9.53 Å². The van der Waals surface area contributed by atoms with Gasteiger partial charge in [-0.3, -0.25) is 0 Å². The fourth-order valence-corrected chi connectivity index (χ4v) is 3.81. The maximum atomic E-state index is 12.6. The molecule has 1 aliphatic rings. The summed E-state index contributed by atoms with van der Waals surface area (Å²) >= 11 is 10.5. The highest BCUT2D eigenvalue weighted by atomic mass is 79.9. The maximum absolute atomic E-state index is 12.6. The second-order valence-corrected chi connectivity index (χ2v) is 6.79. The molecule has 1 aliphatic heterocycles. The van der Waals surface area contributed by atoms with Crippen molar-refractivity contribution in [2.24, 2.45) is 0 Å². The Morgan fingerprint density at radius 3 is 3.00 bits per heavy atom. The second-order valence-electron chi connectivity index (χ2n) is 4.58. The normalized spacial score (nSPS) is 19.4. The number of aromatic nitrogens is 2. The highest BCUT2D eigenvalue weighted by molar-refractivity contribution is 9.09. The maximum Gasteiger partial charge on any atom is 0.328 e. The van der Waals surface area contributed by atoms with E-state index < -0.39 is 0 Å². The van der Waals surface area contributed by atoms with Crippen LogP contribution in [-0.2, 0) is 11.2 Å². The molecule has 9 heteroatoms. The summed E-state index contributed by atoms with van der Waals surface area (Å²) in [7, 11) is 1.61. The molecule has 0 saturated carbocycles. The molecule has 1 fully saturated rings. The van der Waals surface area contributed by atoms with Crippen LogP contribution < -0.4 is 4.90 Å². The van der Waals surface area contributed by atoms with Crippen molar-refractivity contribution in [1.29, 1.82) is 0 Å². The Labute approximate surface area is 141 Å². The van der Waals surface area contributed by atoms with Gasteiger partial charge in [-0.05, 0) is 6.42 Å². The van der Waals surface area contributed by atoms with Gasteiger partial charge in [-0.2, -0.15) is 0 Å². The van der Waals surface area contributed by atoms with Crippen LogP contribution in [0.25, 0.3) is 0 Å². The van der Waals surface area contributed by atoms with Gasteiger partial charge in [-0.25, -0.2) is 9.69 Å². The number of hydrogen-bond acceptors (Lipinski definition) is 5. The number of alkyl halides is 2. The minimum absolute atomic E-state index is 0.0836. The molecule has 2 rings (SSSR count). The Morgan fingerprint density at radius 2 is 2.33 bits per heavy atom. The molecule has 0 bridgehead atoms. The van der Waals surface area contributed by atoms with E-state index in [-0.39, 0.29) is 12.3 Å². The number of hydrogen-bond donors (Lipinski definition) is 0. The summed E-state index contributed by atoms with van der Waals surface area (Å²) in [4.78, 5) is 16.0. The molecule has 0 aromatic carbocycles. The largest absolute Gasteiger partial charge is 0.361 e. The standard InChI is InChI=1S/C12H18BrClN4O2S/c1-20-10-4-8-17(7-2-6-14)12(19)18(10)11-16-15-9(21-11)3-5-13/h10H,2-8H2,1H3. The Bertz CT molecular complexity index is 476. The lowest BCUT2D eigenvalue weighted by Crippen LogP contribution is -2.55. The van der Waals surface area contributed by atoms with E-state index in [9.17, 15) is 4.79 Å². The van der Waals surface area contributed by atoms with Crippen LogP contribution in [0.3, 0.4) is 0 Å². The van der Waals surface area contributed by atoms with Gasteiger partial charge in [-0.15, -0.1) is 21.8 Å². The number of halogens is 2. The molecule has 1 aromatic rings. The van der Waals surface area contributed by atoms with Crippen molar-refractivity contribution in [1.82, 2.24) is 15.1 Å². The smallest absolute Gasteiger partial charge is 0.328 e. The molecular formula is C12H18BrClN4O2S. The van der Waals surface area contributed by atoms with Gasteiger partial charge in [-0.1, -0.05) is 27.3 Å². The number of amides is 2. The minimum Gasteiger partial charge on any atom is -0.361 e. The number of methoxy groups -OCH3 is 1. The first-order valence-electron chi connectivity index (χ1n) is 6.76. The van der Waals surface area contributed by atoms with Crippen molar-refractivity contribution in [3.05, 3.63) is 5.01 Å². The first kappa shape index (κ1) is 16.9. The fourth-order valence-electron chi connectivity index (χ4n) is 2.18. The van der Waals surface area contributed by atoms with Crippen LogP contribution in [0.5, 0.6) is 0 Å². The molecular weight excluding hydrogens is 380 g/mol. The van der Waals surface area contributed by atoms with E-state index in [1.807, 2.05) is 0 Å². The Morgan fingerprint density at radius 1 is 1.52 bits per heavy atom. The molecule has 0 spiro atoms. The molecule has 1 unspecified atom stereocenters. The number of anilines is 1. The summed E-state index contributed by atoms with van der Waals surface area (Å²) < 4.78 is 5.43. The average Bonchev–Trinajstić information content (AvgIpc) is 2.94. The van der Waals surface area contributed by atoms with E-state index in [4.69, 9.17) is 16.3 Å². The summed E-state index contributed by atoms with van der Waals surface area (Å²) in [5.74, 6) is 0.547. The molecule has 6 nitrogen and oxygen atoms in total. The zero-order valence-electron chi connectivity index (χ0n) is 11.8. The van der Waals surface area contributed by atoms with E-state index in [1.54, 1.807) is 16.9 Å². The molecule has 1 saturated heterocycles. The summed E-state index contributed by atoms with van der Waals surface area (Å²) in [5.41, 5.74) is 0. The Balaban J connectivity index is 2.16. The number of ether oxygens (including phenoxy) is 1. The quantitative estimate of drug-likeness (QED) is 0.664. The van der Waals surface area contributed by atoms with Crippen molar-refractivity contribution in [2.75, 3.05) is 36.3 Å². The number of carbonyl (C=O) groups excluding carboxylic acids is 1. The summed E-state index contributed by atoms with van der Waals surface area (Å²) in [6, 6.07) is -0.0836. The molecule has 0 aliphatic carbocycles. The third-order valence-corrected chi connectivity index (χ3v) is 4.86. The van der Waals surface area contributed by atoms with Crippen LogP contribution in [0.15, 0.2) is 0 Å². The van der Waals surface area contributed by atoms with Crippen LogP contribution in [0.2, 0.25) is 0 Å². The highest BCUT2D eigenvalue weighted by Crippen LogP contribution is 2.28. The first-order chi connectivity index (χ1) is 10.2. The highest BCUT2D eigenvalue weighted by Gasteiger charge is 2.36. The van der Waals surface area contributed by atoms with E-state index >= 15 is 0 Å². The molecule has 0 radical (unpaired) electrons. The molecule has 118 valence electrons. The summed E-state index contributed by atoms with van der Waals surface area (Å²) in [5, 5.41) is 10.6. The Kier molecular flexibility index (Phi) is 6.66. The third kappa shape index (κ3) is 4.06. The van der Waals surface area contributed by atoms with Gasteiger partial charge in [0.05, 0.1) is 0 Å². The predicted molar refractivity (Wildman–Crippen MR) is 87.6 cm³/mol. The molecule has 2 amide bonds. The van der Waals surface area contributed by atoms with Crippen molar-refractivity contribution in [2.45, 2.75) is 25.5 Å². The van der Waals surface area contributed by atoms with Gasteiger partial charge < -0.3 is 9.64 Å². The second kappa shape index (κ2) is 8.26. The van der Waals surface area contributed by atoms with Crippen LogP contribution in [0, 0.1) is 0 Å². The van der Waals surface area contributed by atoms with E-state index in [0.717, 1.165) is 29.6 Å². The van der Waals surface area contributed by atoms with Crippen LogP contribution >= 0.6 is 38.9 Å². The van der Waals surface area contributed by atoms with E-state index in [1.165, 1.54) is 11.3 Å². The first-order valence-corrected chi connectivity index (χ1v) is 9.23. The minimum atomic E-state index is -0.283. The van der Waals surface area contributed by atoms with Gasteiger partial charge >= 0.3 is 6.03 Å². The molecule has 2 heterocycles. The lowest BCUT2D eigenvalue weighted by atomic mass is 10.2. The van der Waals surface area contributed by atoms with Crippen LogP contribution in [0.4, 0.5) is 9.93 Å². The predicted octanol–water partition coefficient (Wildman–Crippen LogP) is 2.71. The van der Waals surface area contributed by atoms with Crippen molar-refractivity contribution in [3.8, 4) is 0 Å². The number of carbonyl (C=O) groups is 1. The summed E-state index contributed by atoms with van der Waals surface area (Å²) in [6.45, 7) is 1.33. The Hall–Kier alpha value is -0.440. The third-order valence-electron chi connectivity index (χ3n) is 3.21. The number of urea groups is 1. The molecule has 1 aromatic heterocycles. The monoisotopic (exact) mass is 396 g/mol. The summed E-state index contributed by atoms with van der Waals surface area (Å²) in [6.07, 6.45) is 2.05. The number of rotatable bonds is 7. The van der Waals surface area contributed by atoms with Crippen LogP contribution in [0.1, 0.15) is 17.8 Å². The van der Waals surface area contributed by atoms with Gasteiger partial charge in [0.15, 0.2) is 0 Å². The van der Waals surface area contributed by atoms with Gasteiger partial charge in [0.1, 0.15) is 11.2 Å². The van der Waals surface area contributed by atoms with Gasteiger partial charge in [0.2, 0.25) is 5.13 Å². The fraction of sp³-hybridized carbons (Fsp3) is 0.750.